The number of nitrogens with zero attached hydrogens (tertiary/aromatic N) is 1. The van der Waals surface area contributed by atoms with Crippen molar-refractivity contribution in [3.8, 4) is 0 Å². The van der Waals surface area contributed by atoms with Crippen molar-refractivity contribution in [2.45, 2.75) is 32.7 Å². The highest BCUT2D eigenvalue weighted by atomic mass is 35.5. The zero-order valence-electron chi connectivity index (χ0n) is 11.9. The summed E-state index contributed by atoms with van der Waals surface area (Å²) in [5.74, 6) is -0.932. The Morgan fingerprint density at radius 3 is 2.45 bits per heavy atom. The zero-order valence-corrected chi connectivity index (χ0v) is 12.7. The first-order chi connectivity index (χ1) is 9.28. The maximum Gasteiger partial charge on any atom is 0.239 e. The number of hydrogen-bond donors (Lipinski definition) is 1. The van der Waals surface area contributed by atoms with Gasteiger partial charge in [-0.2, -0.15) is 0 Å². The van der Waals surface area contributed by atoms with Gasteiger partial charge in [0.05, 0.1) is 0 Å². The second kappa shape index (κ2) is 5.44. The molecular formula is C15H19ClN2O2. The van der Waals surface area contributed by atoms with E-state index in [1.807, 2.05) is 20.8 Å². The molecule has 1 aliphatic rings. The van der Waals surface area contributed by atoms with Gasteiger partial charge in [0.15, 0.2) is 0 Å². The van der Waals surface area contributed by atoms with Crippen molar-refractivity contribution in [1.82, 2.24) is 5.32 Å². The molecule has 0 spiro atoms. The average Bonchev–Trinajstić information content (AvgIpc) is 2.70. The monoisotopic (exact) mass is 294 g/mol. The predicted molar refractivity (Wildman–Crippen MR) is 79.8 cm³/mol. The van der Waals surface area contributed by atoms with Crippen LogP contribution < -0.4 is 10.2 Å². The number of amides is 2. The number of hydrogen-bond acceptors (Lipinski definition) is 2. The summed E-state index contributed by atoms with van der Waals surface area (Å²) in [6.07, 6.45) is 0.545. The molecule has 0 unspecified atom stereocenters. The molecule has 1 heterocycles. The van der Waals surface area contributed by atoms with Gasteiger partial charge in [0.2, 0.25) is 11.8 Å². The average molecular weight is 295 g/mol. The van der Waals surface area contributed by atoms with Crippen LogP contribution in [-0.2, 0) is 9.59 Å². The first-order valence-electron chi connectivity index (χ1n) is 6.67. The normalized spacial score (nSPS) is 19.3. The lowest BCUT2D eigenvalue weighted by Crippen LogP contribution is -2.45. The molecule has 1 aromatic rings. The minimum atomic E-state index is -0.593. The highest BCUT2D eigenvalue weighted by Gasteiger charge is 2.38. The van der Waals surface area contributed by atoms with E-state index in [1.54, 1.807) is 29.2 Å². The van der Waals surface area contributed by atoms with E-state index in [9.17, 15) is 9.59 Å². The fourth-order valence-corrected chi connectivity index (χ4v) is 2.38. The van der Waals surface area contributed by atoms with Gasteiger partial charge in [-0.25, -0.2) is 0 Å². The summed E-state index contributed by atoms with van der Waals surface area (Å²) in [5.41, 5.74) is 0.455. The molecule has 0 saturated carbocycles. The summed E-state index contributed by atoms with van der Waals surface area (Å²) < 4.78 is 0. The van der Waals surface area contributed by atoms with Crippen LogP contribution in [0.2, 0.25) is 5.02 Å². The van der Waals surface area contributed by atoms with Crippen LogP contribution in [0.5, 0.6) is 0 Å². The summed E-state index contributed by atoms with van der Waals surface area (Å²) in [6.45, 7) is 6.27. The fraction of sp³-hybridized carbons (Fsp3) is 0.467. The summed E-state index contributed by atoms with van der Waals surface area (Å²) in [4.78, 5) is 26.1. The molecule has 1 fully saturated rings. The minimum absolute atomic E-state index is 0.144. The summed E-state index contributed by atoms with van der Waals surface area (Å²) in [5, 5.41) is 3.49. The minimum Gasteiger partial charge on any atom is -0.351 e. The first kappa shape index (κ1) is 14.9. The van der Waals surface area contributed by atoms with E-state index in [1.165, 1.54) is 0 Å². The predicted octanol–water partition coefficient (Wildman–Crippen LogP) is 2.61. The van der Waals surface area contributed by atoms with Crippen LogP contribution in [0.15, 0.2) is 24.3 Å². The molecule has 2 rings (SSSR count). The maximum atomic E-state index is 12.4. The Labute approximate surface area is 124 Å². The molecule has 0 radical (unpaired) electrons. The van der Waals surface area contributed by atoms with Crippen LogP contribution in [0, 0.1) is 5.92 Å². The molecule has 5 heteroatoms. The molecule has 108 valence electrons. The summed E-state index contributed by atoms with van der Waals surface area (Å²) in [6, 6.07) is 7.08. The van der Waals surface area contributed by atoms with Gasteiger partial charge in [-0.3, -0.25) is 9.59 Å². The lowest BCUT2D eigenvalue weighted by molar-refractivity contribution is -0.133. The fourth-order valence-electron chi connectivity index (χ4n) is 2.26. The van der Waals surface area contributed by atoms with Gasteiger partial charge in [0, 0.05) is 22.8 Å². The van der Waals surface area contributed by atoms with Gasteiger partial charge >= 0.3 is 0 Å². The van der Waals surface area contributed by atoms with Crippen LogP contribution in [0.1, 0.15) is 27.2 Å². The third kappa shape index (κ3) is 3.31. The van der Waals surface area contributed by atoms with Gasteiger partial charge in [-0.05, 0) is 51.5 Å². The molecule has 1 atom stereocenters. The van der Waals surface area contributed by atoms with Crippen LogP contribution in [0.25, 0.3) is 0 Å². The Morgan fingerprint density at radius 2 is 1.90 bits per heavy atom. The van der Waals surface area contributed by atoms with Crippen molar-refractivity contribution >= 4 is 29.1 Å². The van der Waals surface area contributed by atoms with Gasteiger partial charge in [-0.1, -0.05) is 11.6 Å². The third-order valence-electron chi connectivity index (χ3n) is 3.16. The number of anilines is 1. The Hall–Kier alpha value is -1.55. The summed E-state index contributed by atoms with van der Waals surface area (Å²) in [7, 11) is 0. The Bertz CT molecular complexity index is 520. The van der Waals surface area contributed by atoms with Crippen molar-refractivity contribution in [3.05, 3.63) is 29.3 Å². The zero-order chi connectivity index (χ0) is 14.9. The van der Waals surface area contributed by atoms with Crippen molar-refractivity contribution in [2.24, 2.45) is 5.92 Å². The molecular weight excluding hydrogens is 276 g/mol. The van der Waals surface area contributed by atoms with E-state index >= 15 is 0 Å². The molecule has 1 aliphatic heterocycles. The number of nitrogens with one attached hydrogen (secondary N) is 1. The quantitative estimate of drug-likeness (QED) is 0.853. The molecule has 4 nitrogen and oxygen atoms in total. The lowest BCUT2D eigenvalue weighted by atomic mass is 10.0. The Morgan fingerprint density at radius 1 is 1.30 bits per heavy atom. The molecule has 1 saturated heterocycles. The molecule has 20 heavy (non-hydrogen) atoms. The van der Waals surface area contributed by atoms with Crippen LogP contribution in [0.4, 0.5) is 5.69 Å². The van der Waals surface area contributed by atoms with Gasteiger partial charge in [0.25, 0.3) is 0 Å². The SMILES string of the molecule is CC(C)(C)NC(=O)[C@H]1CCN(c2ccc(Cl)cc2)C1=O. The van der Waals surface area contributed by atoms with Crippen LogP contribution in [-0.4, -0.2) is 23.9 Å². The second-order valence-corrected chi connectivity index (χ2v) is 6.48. The standard InChI is InChI=1S/C15H19ClN2O2/c1-15(2,3)17-13(19)12-8-9-18(14(12)20)11-6-4-10(16)5-7-11/h4-7,12H,8-9H2,1-3H3,(H,17,19)/t12-/m1/s1. The highest BCUT2D eigenvalue weighted by molar-refractivity contribution is 6.30. The molecule has 0 aliphatic carbocycles. The smallest absolute Gasteiger partial charge is 0.239 e. The summed E-state index contributed by atoms with van der Waals surface area (Å²) >= 11 is 5.84. The Kier molecular flexibility index (Phi) is 4.04. The van der Waals surface area contributed by atoms with Gasteiger partial charge in [-0.15, -0.1) is 0 Å². The number of carbonyl (C=O) groups is 2. The second-order valence-electron chi connectivity index (χ2n) is 6.05. The largest absolute Gasteiger partial charge is 0.351 e. The van der Waals surface area contributed by atoms with Crippen LogP contribution >= 0.6 is 11.6 Å². The number of carbonyl (C=O) groups excluding carboxylic acids is 2. The van der Waals surface area contributed by atoms with E-state index in [4.69, 9.17) is 11.6 Å². The third-order valence-corrected chi connectivity index (χ3v) is 3.41. The first-order valence-corrected chi connectivity index (χ1v) is 7.05. The van der Waals surface area contributed by atoms with Gasteiger partial charge < -0.3 is 10.2 Å². The molecule has 0 bridgehead atoms. The number of rotatable bonds is 2. The van der Waals surface area contributed by atoms with Crippen LogP contribution in [0.3, 0.4) is 0 Å². The van der Waals surface area contributed by atoms with E-state index in [-0.39, 0.29) is 17.4 Å². The van der Waals surface area contributed by atoms with Crippen molar-refractivity contribution in [2.75, 3.05) is 11.4 Å². The van der Waals surface area contributed by atoms with E-state index in [0.717, 1.165) is 5.69 Å². The molecule has 1 aromatic carbocycles. The number of benzene rings is 1. The van der Waals surface area contributed by atoms with Gasteiger partial charge in [0.1, 0.15) is 5.92 Å². The molecule has 0 aromatic heterocycles. The van der Waals surface area contributed by atoms with Crippen molar-refractivity contribution in [3.63, 3.8) is 0 Å². The molecule has 1 N–H and O–H groups in total. The van der Waals surface area contributed by atoms with E-state index in [0.29, 0.717) is 18.0 Å². The Balaban J connectivity index is 2.09. The van der Waals surface area contributed by atoms with Crippen molar-refractivity contribution in [1.29, 1.82) is 0 Å². The van der Waals surface area contributed by atoms with E-state index in [2.05, 4.69) is 5.32 Å². The molecule has 2 amide bonds. The highest BCUT2D eigenvalue weighted by Crippen LogP contribution is 2.26. The van der Waals surface area contributed by atoms with Crippen molar-refractivity contribution < 1.29 is 9.59 Å². The lowest BCUT2D eigenvalue weighted by Gasteiger charge is -2.23. The van der Waals surface area contributed by atoms with E-state index < -0.39 is 5.92 Å². The topological polar surface area (TPSA) is 49.4 Å². The number of halogens is 1. The maximum absolute atomic E-state index is 12.4.